The van der Waals surface area contributed by atoms with Crippen molar-refractivity contribution in [3.05, 3.63) is 53.1 Å². The van der Waals surface area contributed by atoms with Crippen LogP contribution in [0.5, 0.6) is 5.75 Å². The number of ether oxygens (including phenoxy) is 1. The van der Waals surface area contributed by atoms with Gasteiger partial charge in [0.2, 0.25) is 0 Å². The Morgan fingerprint density at radius 2 is 1.95 bits per heavy atom. The van der Waals surface area contributed by atoms with Crippen molar-refractivity contribution >= 4 is 28.9 Å². The molecule has 2 N–H and O–H groups in total. The van der Waals surface area contributed by atoms with Crippen LogP contribution >= 0.6 is 11.6 Å². The first-order chi connectivity index (χ1) is 9.67. The SMILES string of the molecule is COc1ccc(NC2C(=O)Nc3ccc(Cl)cc32)cc1. The van der Waals surface area contributed by atoms with E-state index in [9.17, 15) is 4.79 Å². The summed E-state index contributed by atoms with van der Waals surface area (Å²) in [4.78, 5) is 12.0. The number of carbonyl (C=O) groups is 1. The van der Waals surface area contributed by atoms with Gasteiger partial charge in [-0.1, -0.05) is 11.6 Å². The minimum atomic E-state index is -0.433. The predicted molar refractivity (Wildman–Crippen MR) is 79.4 cm³/mol. The number of rotatable bonds is 3. The number of hydrogen-bond donors (Lipinski definition) is 2. The van der Waals surface area contributed by atoms with E-state index in [-0.39, 0.29) is 5.91 Å². The molecule has 0 spiro atoms. The molecule has 1 aliphatic heterocycles. The molecule has 1 unspecified atom stereocenters. The lowest BCUT2D eigenvalue weighted by atomic mass is 10.1. The molecule has 3 rings (SSSR count). The van der Waals surface area contributed by atoms with Crippen molar-refractivity contribution in [2.75, 3.05) is 17.7 Å². The third kappa shape index (κ3) is 2.30. The van der Waals surface area contributed by atoms with Gasteiger partial charge in [0.25, 0.3) is 5.91 Å². The number of fused-ring (bicyclic) bond motifs is 1. The zero-order valence-corrected chi connectivity index (χ0v) is 11.6. The summed E-state index contributed by atoms with van der Waals surface area (Å²) in [5.41, 5.74) is 2.50. The van der Waals surface area contributed by atoms with Gasteiger partial charge in [-0.2, -0.15) is 0 Å². The minimum absolute atomic E-state index is 0.0851. The molecule has 4 nitrogen and oxygen atoms in total. The maximum Gasteiger partial charge on any atom is 0.251 e. The molecule has 5 heteroatoms. The molecular weight excluding hydrogens is 276 g/mol. The van der Waals surface area contributed by atoms with Gasteiger partial charge in [0.1, 0.15) is 11.8 Å². The van der Waals surface area contributed by atoms with E-state index in [1.54, 1.807) is 19.2 Å². The molecule has 1 atom stereocenters. The second-order valence-electron chi connectivity index (χ2n) is 4.53. The van der Waals surface area contributed by atoms with E-state index in [1.165, 1.54) is 0 Å². The molecule has 2 aromatic carbocycles. The first-order valence-electron chi connectivity index (χ1n) is 6.18. The van der Waals surface area contributed by atoms with Crippen LogP contribution < -0.4 is 15.4 Å². The van der Waals surface area contributed by atoms with Crippen LogP contribution in [0.2, 0.25) is 5.02 Å². The Balaban J connectivity index is 1.87. The van der Waals surface area contributed by atoms with Gasteiger partial charge >= 0.3 is 0 Å². The Morgan fingerprint density at radius 3 is 2.65 bits per heavy atom. The Morgan fingerprint density at radius 1 is 1.20 bits per heavy atom. The molecule has 102 valence electrons. The molecule has 0 saturated heterocycles. The third-order valence-corrected chi connectivity index (χ3v) is 3.48. The summed E-state index contributed by atoms with van der Waals surface area (Å²) in [5.74, 6) is 0.688. The van der Waals surface area contributed by atoms with Gasteiger partial charge in [0.15, 0.2) is 0 Å². The van der Waals surface area contributed by atoms with Gasteiger partial charge in [-0.3, -0.25) is 4.79 Å². The average Bonchev–Trinajstić information content (AvgIpc) is 2.76. The van der Waals surface area contributed by atoms with E-state index in [2.05, 4.69) is 10.6 Å². The molecule has 1 heterocycles. The number of methoxy groups -OCH3 is 1. The highest BCUT2D eigenvalue weighted by molar-refractivity contribution is 6.31. The summed E-state index contributed by atoms with van der Waals surface area (Å²) in [7, 11) is 1.62. The van der Waals surface area contributed by atoms with E-state index >= 15 is 0 Å². The van der Waals surface area contributed by atoms with Crippen molar-refractivity contribution in [2.24, 2.45) is 0 Å². The van der Waals surface area contributed by atoms with E-state index in [0.29, 0.717) is 5.02 Å². The lowest BCUT2D eigenvalue weighted by Gasteiger charge is -2.13. The summed E-state index contributed by atoms with van der Waals surface area (Å²) in [6.45, 7) is 0. The summed E-state index contributed by atoms with van der Waals surface area (Å²) in [6.07, 6.45) is 0. The minimum Gasteiger partial charge on any atom is -0.497 e. The molecule has 0 radical (unpaired) electrons. The molecule has 0 fully saturated rings. The van der Waals surface area contributed by atoms with E-state index in [4.69, 9.17) is 16.3 Å². The predicted octanol–water partition coefficient (Wildman–Crippen LogP) is 3.45. The highest BCUT2D eigenvalue weighted by Crippen LogP contribution is 2.35. The van der Waals surface area contributed by atoms with Crippen LogP contribution in [-0.4, -0.2) is 13.0 Å². The van der Waals surface area contributed by atoms with Crippen LogP contribution in [0.4, 0.5) is 11.4 Å². The van der Waals surface area contributed by atoms with Crippen LogP contribution in [0.3, 0.4) is 0 Å². The van der Waals surface area contributed by atoms with Crippen LogP contribution in [0.25, 0.3) is 0 Å². The Kier molecular flexibility index (Phi) is 3.24. The van der Waals surface area contributed by atoms with Crippen LogP contribution in [0.1, 0.15) is 11.6 Å². The monoisotopic (exact) mass is 288 g/mol. The second-order valence-corrected chi connectivity index (χ2v) is 4.96. The maximum atomic E-state index is 12.0. The molecule has 20 heavy (non-hydrogen) atoms. The quantitative estimate of drug-likeness (QED) is 0.909. The summed E-state index contributed by atoms with van der Waals surface area (Å²) in [5, 5.41) is 6.64. The van der Waals surface area contributed by atoms with Crippen LogP contribution in [0, 0.1) is 0 Å². The Hall–Kier alpha value is -2.20. The molecular formula is C15H13ClN2O2. The molecule has 1 aliphatic rings. The maximum absolute atomic E-state index is 12.0. The van der Waals surface area contributed by atoms with Crippen molar-refractivity contribution in [3.8, 4) is 5.75 Å². The number of amides is 1. The lowest BCUT2D eigenvalue weighted by Crippen LogP contribution is -2.19. The number of anilines is 2. The first kappa shape index (κ1) is 12.8. The lowest BCUT2D eigenvalue weighted by molar-refractivity contribution is -0.116. The summed E-state index contributed by atoms with van der Waals surface area (Å²) < 4.78 is 5.11. The van der Waals surface area contributed by atoms with E-state index in [1.807, 2.05) is 30.3 Å². The Labute approximate surface area is 121 Å². The fourth-order valence-corrected chi connectivity index (χ4v) is 2.41. The standard InChI is InChI=1S/C15H13ClN2O2/c1-20-11-5-3-10(4-6-11)17-14-12-8-9(16)2-7-13(12)18-15(14)19/h2-8,14,17H,1H3,(H,18,19). The highest BCUT2D eigenvalue weighted by atomic mass is 35.5. The summed E-state index contributed by atoms with van der Waals surface area (Å²) in [6, 6.07) is 12.4. The number of benzene rings is 2. The van der Waals surface area contributed by atoms with E-state index in [0.717, 1.165) is 22.7 Å². The average molecular weight is 289 g/mol. The number of hydrogen-bond acceptors (Lipinski definition) is 3. The van der Waals surface area contributed by atoms with E-state index < -0.39 is 6.04 Å². The van der Waals surface area contributed by atoms with Crippen molar-refractivity contribution < 1.29 is 9.53 Å². The van der Waals surface area contributed by atoms with Gasteiger partial charge in [0.05, 0.1) is 7.11 Å². The fourth-order valence-electron chi connectivity index (χ4n) is 2.23. The molecule has 2 aromatic rings. The van der Waals surface area contributed by atoms with Gasteiger partial charge in [-0.15, -0.1) is 0 Å². The topological polar surface area (TPSA) is 50.4 Å². The fraction of sp³-hybridized carbons (Fsp3) is 0.133. The molecule has 0 saturated carbocycles. The normalized spacial score (nSPS) is 16.5. The van der Waals surface area contributed by atoms with Crippen molar-refractivity contribution in [3.63, 3.8) is 0 Å². The van der Waals surface area contributed by atoms with Crippen molar-refractivity contribution in [1.82, 2.24) is 0 Å². The van der Waals surface area contributed by atoms with Crippen molar-refractivity contribution in [1.29, 1.82) is 0 Å². The number of carbonyl (C=O) groups excluding carboxylic acids is 1. The molecule has 0 aliphatic carbocycles. The number of nitrogens with one attached hydrogen (secondary N) is 2. The first-order valence-corrected chi connectivity index (χ1v) is 6.56. The molecule has 1 amide bonds. The molecule has 0 bridgehead atoms. The molecule has 0 aromatic heterocycles. The zero-order valence-electron chi connectivity index (χ0n) is 10.8. The smallest absolute Gasteiger partial charge is 0.251 e. The van der Waals surface area contributed by atoms with Crippen LogP contribution in [-0.2, 0) is 4.79 Å². The Bertz CT molecular complexity index is 655. The third-order valence-electron chi connectivity index (χ3n) is 3.25. The van der Waals surface area contributed by atoms with Gasteiger partial charge < -0.3 is 15.4 Å². The number of halogens is 1. The van der Waals surface area contributed by atoms with Crippen LogP contribution in [0.15, 0.2) is 42.5 Å². The second kappa shape index (κ2) is 5.06. The van der Waals surface area contributed by atoms with Gasteiger partial charge in [0, 0.05) is 22.0 Å². The van der Waals surface area contributed by atoms with Gasteiger partial charge in [-0.25, -0.2) is 0 Å². The highest BCUT2D eigenvalue weighted by Gasteiger charge is 2.30. The van der Waals surface area contributed by atoms with Crippen molar-refractivity contribution in [2.45, 2.75) is 6.04 Å². The van der Waals surface area contributed by atoms with Gasteiger partial charge in [-0.05, 0) is 42.5 Å². The zero-order chi connectivity index (χ0) is 14.1. The summed E-state index contributed by atoms with van der Waals surface area (Å²) >= 11 is 6.00. The largest absolute Gasteiger partial charge is 0.497 e.